The molecule has 0 radical (unpaired) electrons. The third kappa shape index (κ3) is 3.20. The number of ether oxygens (including phenoxy) is 1. The maximum Gasteiger partial charge on any atom is 0.0724 e. The van der Waals surface area contributed by atoms with Crippen LogP contribution in [0.1, 0.15) is 20.8 Å². The largest absolute Gasteiger partial charge is 0.397 e. The van der Waals surface area contributed by atoms with Crippen molar-refractivity contribution in [3.8, 4) is 0 Å². The van der Waals surface area contributed by atoms with Gasteiger partial charge in [0.25, 0.3) is 0 Å². The molecule has 1 aromatic carbocycles. The van der Waals surface area contributed by atoms with Gasteiger partial charge in [-0.1, -0.05) is 13.8 Å². The van der Waals surface area contributed by atoms with Crippen LogP contribution in [0.4, 0.5) is 11.4 Å². The van der Waals surface area contributed by atoms with Crippen LogP contribution in [0.3, 0.4) is 0 Å². The molecule has 4 heteroatoms. The van der Waals surface area contributed by atoms with E-state index in [-0.39, 0.29) is 6.04 Å². The molecule has 1 atom stereocenters. The van der Waals surface area contributed by atoms with Crippen LogP contribution < -0.4 is 11.1 Å². The summed E-state index contributed by atoms with van der Waals surface area (Å²) in [6.45, 7) is 7.76. The van der Waals surface area contributed by atoms with Gasteiger partial charge in [0, 0.05) is 18.2 Å². The summed E-state index contributed by atoms with van der Waals surface area (Å²) in [5, 5.41) is 4.48. The van der Waals surface area contributed by atoms with Gasteiger partial charge in [0.1, 0.15) is 0 Å². The molecule has 1 aromatic heterocycles. The Balaban J connectivity index is 2.25. The minimum Gasteiger partial charge on any atom is -0.397 e. The van der Waals surface area contributed by atoms with Gasteiger partial charge < -0.3 is 15.8 Å². The van der Waals surface area contributed by atoms with Gasteiger partial charge in [0.2, 0.25) is 0 Å². The Bertz CT molecular complexity index is 569. The monoisotopic (exact) mass is 273 g/mol. The van der Waals surface area contributed by atoms with Gasteiger partial charge in [-0.15, -0.1) is 0 Å². The molecule has 2 aromatic rings. The molecule has 3 N–H and O–H groups in total. The highest BCUT2D eigenvalue weighted by Crippen LogP contribution is 2.28. The van der Waals surface area contributed by atoms with Crippen molar-refractivity contribution in [3.63, 3.8) is 0 Å². The zero-order valence-electron chi connectivity index (χ0n) is 12.4. The third-order valence-electron chi connectivity index (χ3n) is 3.47. The van der Waals surface area contributed by atoms with Crippen molar-refractivity contribution in [3.05, 3.63) is 30.5 Å². The molecular weight excluding hydrogens is 250 g/mol. The molecule has 0 saturated carbocycles. The zero-order chi connectivity index (χ0) is 14.5. The second-order valence-corrected chi connectivity index (χ2v) is 5.25. The number of hydrogen-bond acceptors (Lipinski definition) is 4. The molecule has 1 heterocycles. The molecule has 0 aliphatic rings. The first-order chi connectivity index (χ1) is 9.63. The molecule has 0 aliphatic carbocycles. The lowest BCUT2D eigenvalue weighted by molar-refractivity contribution is 0.127. The van der Waals surface area contributed by atoms with Crippen LogP contribution in [0, 0.1) is 5.92 Å². The lowest BCUT2D eigenvalue weighted by Gasteiger charge is -2.24. The number of fused-ring (bicyclic) bond motifs is 1. The molecule has 0 aliphatic heterocycles. The molecule has 1 unspecified atom stereocenters. The number of aromatic nitrogens is 1. The first-order valence-electron chi connectivity index (χ1n) is 7.11. The number of anilines is 2. The van der Waals surface area contributed by atoms with E-state index in [1.54, 1.807) is 6.20 Å². The standard InChI is InChI=1S/C16H23N3O/c1-4-20-10-15(11(2)3)19-14-8-7-13-12(16(14)17)6-5-9-18-13/h5-9,11,15,19H,4,10,17H2,1-3H3. The minimum atomic E-state index is 0.242. The lowest BCUT2D eigenvalue weighted by atomic mass is 10.0. The molecule has 0 amide bonds. The van der Waals surface area contributed by atoms with E-state index in [1.807, 2.05) is 31.2 Å². The molecule has 0 saturated heterocycles. The first-order valence-corrected chi connectivity index (χ1v) is 7.11. The van der Waals surface area contributed by atoms with Crippen molar-refractivity contribution in [2.24, 2.45) is 5.92 Å². The van der Waals surface area contributed by atoms with E-state index in [0.29, 0.717) is 12.5 Å². The maximum atomic E-state index is 6.25. The van der Waals surface area contributed by atoms with Crippen molar-refractivity contribution in [2.45, 2.75) is 26.8 Å². The molecule has 20 heavy (non-hydrogen) atoms. The molecular formula is C16H23N3O. The summed E-state index contributed by atoms with van der Waals surface area (Å²) in [6.07, 6.45) is 1.78. The van der Waals surface area contributed by atoms with E-state index in [0.717, 1.165) is 28.9 Å². The predicted molar refractivity (Wildman–Crippen MR) is 84.9 cm³/mol. The quantitative estimate of drug-likeness (QED) is 0.793. The second-order valence-electron chi connectivity index (χ2n) is 5.25. The Morgan fingerprint density at radius 3 is 2.80 bits per heavy atom. The highest BCUT2D eigenvalue weighted by molar-refractivity contribution is 5.96. The Kier molecular flexibility index (Phi) is 4.79. The van der Waals surface area contributed by atoms with Gasteiger partial charge in [-0.25, -0.2) is 0 Å². The third-order valence-corrected chi connectivity index (χ3v) is 3.47. The first kappa shape index (κ1) is 14.6. The SMILES string of the molecule is CCOCC(Nc1ccc2ncccc2c1N)C(C)C. The molecule has 108 valence electrons. The fraction of sp³-hybridized carbons (Fsp3) is 0.438. The van der Waals surface area contributed by atoms with Crippen LogP contribution in [0.25, 0.3) is 10.9 Å². The van der Waals surface area contributed by atoms with Crippen LogP contribution >= 0.6 is 0 Å². The van der Waals surface area contributed by atoms with E-state index in [9.17, 15) is 0 Å². The number of benzene rings is 1. The fourth-order valence-electron chi connectivity index (χ4n) is 2.15. The van der Waals surface area contributed by atoms with Crippen LogP contribution in [0.5, 0.6) is 0 Å². The van der Waals surface area contributed by atoms with E-state index >= 15 is 0 Å². The van der Waals surface area contributed by atoms with E-state index in [2.05, 4.69) is 24.1 Å². The average Bonchev–Trinajstić information content (AvgIpc) is 2.45. The summed E-state index contributed by atoms with van der Waals surface area (Å²) in [5.41, 5.74) is 8.87. The molecule has 2 rings (SSSR count). The van der Waals surface area contributed by atoms with E-state index in [4.69, 9.17) is 10.5 Å². The van der Waals surface area contributed by atoms with Gasteiger partial charge in [-0.2, -0.15) is 0 Å². The molecule has 0 bridgehead atoms. The van der Waals surface area contributed by atoms with Crippen molar-refractivity contribution >= 4 is 22.3 Å². The molecule has 0 fully saturated rings. The Labute approximate surface area is 120 Å². The van der Waals surface area contributed by atoms with Crippen molar-refractivity contribution in [2.75, 3.05) is 24.3 Å². The van der Waals surface area contributed by atoms with Crippen LogP contribution in [0.2, 0.25) is 0 Å². The average molecular weight is 273 g/mol. The minimum absolute atomic E-state index is 0.242. The van der Waals surface area contributed by atoms with Crippen LogP contribution in [-0.2, 0) is 4.74 Å². The fourth-order valence-corrected chi connectivity index (χ4v) is 2.15. The number of hydrogen-bond donors (Lipinski definition) is 2. The zero-order valence-corrected chi connectivity index (χ0v) is 12.4. The van der Waals surface area contributed by atoms with Crippen LogP contribution in [0.15, 0.2) is 30.5 Å². The number of nitrogens with one attached hydrogen (secondary N) is 1. The van der Waals surface area contributed by atoms with E-state index in [1.165, 1.54) is 0 Å². The number of nitrogen functional groups attached to an aromatic ring is 1. The number of rotatable bonds is 6. The number of nitrogens with two attached hydrogens (primary N) is 1. The predicted octanol–water partition coefficient (Wildman–Crippen LogP) is 3.29. The summed E-state index contributed by atoms with van der Waals surface area (Å²) < 4.78 is 5.54. The molecule has 4 nitrogen and oxygen atoms in total. The molecule has 0 spiro atoms. The second kappa shape index (κ2) is 6.57. The Hall–Kier alpha value is -1.81. The lowest BCUT2D eigenvalue weighted by Crippen LogP contribution is -2.31. The summed E-state index contributed by atoms with van der Waals surface area (Å²) in [4.78, 5) is 4.31. The highest BCUT2D eigenvalue weighted by Gasteiger charge is 2.15. The van der Waals surface area contributed by atoms with Gasteiger partial charge >= 0.3 is 0 Å². The number of pyridine rings is 1. The van der Waals surface area contributed by atoms with Crippen molar-refractivity contribution < 1.29 is 4.74 Å². The maximum absolute atomic E-state index is 6.25. The van der Waals surface area contributed by atoms with Gasteiger partial charge in [0.15, 0.2) is 0 Å². The van der Waals surface area contributed by atoms with Gasteiger partial charge in [-0.3, -0.25) is 4.98 Å². The summed E-state index contributed by atoms with van der Waals surface area (Å²) in [6, 6.07) is 8.13. The summed E-state index contributed by atoms with van der Waals surface area (Å²) in [7, 11) is 0. The van der Waals surface area contributed by atoms with Gasteiger partial charge in [0.05, 0.1) is 29.5 Å². The van der Waals surface area contributed by atoms with Gasteiger partial charge in [-0.05, 0) is 37.1 Å². The smallest absolute Gasteiger partial charge is 0.0724 e. The Morgan fingerprint density at radius 1 is 1.30 bits per heavy atom. The number of nitrogens with zero attached hydrogens (tertiary/aromatic N) is 1. The van der Waals surface area contributed by atoms with Crippen LogP contribution in [-0.4, -0.2) is 24.2 Å². The summed E-state index contributed by atoms with van der Waals surface area (Å²) in [5.74, 6) is 0.463. The van der Waals surface area contributed by atoms with Crippen molar-refractivity contribution in [1.82, 2.24) is 4.98 Å². The summed E-state index contributed by atoms with van der Waals surface area (Å²) >= 11 is 0. The normalized spacial score (nSPS) is 12.8. The highest BCUT2D eigenvalue weighted by atomic mass is 16.5. The van der Waals surface area contributed by atoms with E-state index < -0.39 is 0 Å². The topological polar surface area (TPSA) is 60.2 Å². The Morgan fingerprint density at radius 2 is 2.10 bits per heavy atom. The van der Waals surface area contributed by atoms with Crippen molar-refractivity contribution in [1.29, 1.82) is 0 Å².